The number of hydrogen-bond acceptors (Lipinski definition) is 2. The molecule has 1 aliphatic rings. The van der Waals surface area contributed by atoms with Gasteiger partial charge in [0.2, 0.25) is 0 Å². The molecule has 19 heavy (non-hydrogen) atoms. The van der Waals surface area contributed by atoms with Crippen molar-refractivity contribution in [1.29, 1.82) is 0 Å². The van der Waals surface area contributed by atoms with Crippen molar-refractivity contribution in [3.63, 3.8) is 0 Å². The van der Waals surface area contributed by atoms with Crippen LogP contribution in [0.4, 0.5) is 4.39 Å². The average molecular weight is 285 g/mol. The predicted octanol–water partition coefficient (Wildman–Crippen LogP) is 3.60. The Morgan fingerprint density at radius 1 is 1.53 bits per heavy atom. The van der Waals surface area contributed by atoms with Crippen LogP contribution < -0.4 is 5.73 Å². The molecule has 0 aliphatic carbocycles. The predicted molar refractivity (Wildman–Crippen MR) is 77.8 cm³/mol. The topological polar surface area (TPSA) is 29.3 Å². The number of piperidine rings is 1. The van der Waals surface area contributed by atoms with Crippen LogP contribution in [0.15, 0.2) is 18.2 Å². The van der Waals surface area contributed by atoms with E-state index in [4.69, 9.17) is 17.3 Å². The quantitative estimate of drug-likeness (QED) is 0.919. The highest BCUT2D eigenvalue weighted by atomic mass is 35.5. The maximum atomic E-state index is 13.2. The Morgan fingerprint density at radius 3 is 2.89 bits per heavy atom. The SMILES string of the molecule is CC1CCN(C(C)c2ccc(F)c(Cl)c2)C(CN)C1. The van der Waals surface area contributed by atoms with Gasteiger partial charge in [-0.15, -0.1) is 0 Å². The number of nitrogens with zero attached hydrogens (tertiary/aromatic N) is 1. The number of benzene rings is 1. The van der Waals surface area contributed by atoms with Crippen LogP contribution >= 0.6 is 11.6 Å². The normalized spacial score (nSPS) is 26.4. The van der Waals surface area contributed by atoms with Crippen LogP contribution in [0.25, 0.3) is 0 Å². The first kappa shape index (κ1) is 14.8. The van der Waals surface area contributed by atoms with Crippen molar-refractivity contribution >= 4 is 11.6 Å². The Bertz CT molecular complexity index is 438. The van der Waals surface area contributed by atoms with Crippen LogP contribution in [0.2, 0.25) is 5.02 Å². The van der Waals surface area contributed by atoms with Crippen LogP contribution in [0.1, 0.15) is 38.3 Å². The second-order valence-electron chi connectivity index (χ2n) is 5.61. The summed E-state index contributed by atoms with van der Waals surface area (Å²) in [5.41, 5.74) is 6.95. The Hall–Kier alpha value is -0.640. The van der Waals surface area contributed by atoms with E-state index in [2.05, 4.69) is 18.7 Å². The molecule has 2 nitrogen and oxygen atoms in total. The van der Waals surface area contributed by atoms with Crippen molar-refractivity contribution in [2.75, 3.05) is 13.1 Å². The lowest BCUT2D eigenvalue weighted by Crippen LogP contribution is -2.47. The minimum absolute atomic E-state index is 0.194. The maximum Gasteiger partial charge on any atom is 0.141 e. The number of likely N-dealkylation sites (tertiary alicyclic amines) is 1. The van der Waals surface area contributed by atoms with Gasteiger partial charge in [-0.25, -0.2) is 4.39 Å². The summed E-state index contributed by atoms with van der Waals surface area (Å²) in [6, 6.07) is 5.62. The first-order valence-electron chi connectivity index (χ1n) is 6.93. The molecule has 2 rings (SSSR count). The summed E-state index contributed by atoms with van der Waals surface area (Å²) >= 11 is 5.87. The van der Waals surface area contributed by atoms with E-state index in [1.807, 2.05) is 6.07 Å². The zero-order valence-corrected chi connectivity index (χ0v) is 12.3. The Morgan fingerprint density at radius 2 is 2.26 bits per heavy atom. The second-order valence-corrected chi connectivity index (χ2v) is 6.01. The molecule has 4 heteroatoms. The highest BCUT2D eigenvalue weighted by Crippen LogP contribution is 2.31. The maximum absolute atomic E-state index is 13.2. The largest absolute Gasteiger partial charge is 0.329 e. The van der Waals surface area contributed by atoms with Crippen LogP contribution in [0.5, 0.6) is 0 Å². The highest BCUT2D eigenvalue weighted by molar-refractivity contribution is 6.30. The summed E-state index contributed by atoms with van der Waals surface area (Å²) in [5.74, 6) is 0.370. The standard InChI is InChI=1S/C15H22ClFN2/c1-10-5-6-19(13(7-10)9-18)11(2)12-3-4-15(17)14(16)8-12/h3-4,8,10-11,13H,5-7,9,18H2,1-2H3. The molecule has 1 heterocycles. The third-order valence-electron chi connectivity index (χ3n) is 4.22. The molecule has 0 spiro atoms. The Labute approximate surface area is 119 Å². The van der Waals surface area contributed by atoms with Crippen molar-refractivity contribution in [2.45, 2.75) is 38.8 Å². The van der Waals surface area contributed by atoms with E-state index in [1.165, 1.54) is 12.5 Å². The molecule has 1 aliphatic heterocycles. The van der Waals surface area contributed by atoms with Gasteiger partial charge in [-0.05, 0) is 49.9 Å². The lowest BCUT2D eigenvalue weighted by Gasteiger charge is -2.42. The van der Waals surface area contributed by atoms with Gasteiger partial charge in [0.15, 0.2) is 0 Å². The summed E-state index contributed by atoms with van der Waals surface area (Å²) in [6.45, 7) is 6.13. The number of nitrogens with two attached hydrogens (primary N) is 1. The Balaban J connectivity index is 2.17. The van der Waals surface area contributed by atoms with E-state index >= 15 is 0 Å². The van der Waals surface area contributed by atoms with E-state index in [9.17, 15) is 4.39 Å². The molecule has 0 radical (unpaired) electrons. The fraction of sp³-hybridized carbons (Fsp3) is 0.600. The molecule has 1 aromatic carbocycles. The van der Waals surface area contributed by atoms with Gasteiger partial charge in [0.05, 0.1) is 5.02 Å². The molecule has 3 unspecified atom stereocenters. The molecule has 0 aromatic heterocycles. The molecule has 0 saturated carbocycles. The Kier molecular flexibility index (Phi) is 4.82. The number of hydrogen-bond donors (Lipinski definition) is 1. The van der Waals surface area contributed by atoms with E-state index in [1.54, 1.807) is 6.07 Å². The van der Waals surface area contributed by atoms with Gasteiger partial charge in [0.25, 0.3) is 0 Å². The van der Waals surface area contributed by atoms with E-state index < -0.39 is 0 Å². The monoisotopic (exact) mass is 284 g/mol. The summed E-state index contributed by atoms with van der Waals surface area (Å²) in [5, 5.41) is 0.194. The van der Waals surface area contributed by atoms with E-state index in [0.717, 1.165) is 24.4 Å². The van der Waals surface area contributed by atoms with E-state index in [-0.39, 0.29) is 16.9 Å². The first-order chi connectivity index (χ1) is 9.02. The number of halogens is 2. The molecule has 1 fully saturated rings. The molecule has 106 valence electrons. The highest BCUT2D eigenvalue weighted by Gasteiger charge is 2.29. The van der Waals surface area contributed by atoms with Crippen molar-refractivity contribution in [1.82, 2.24) is 4.90 Å². The molecule has 0 bridgehead atoms. The van der Waals surface area contributed by atoms with E-state index in [0.29, 0.717) is 12.6 Å². The minimum Gasteiger partial charge on any atom is -0.329 e. The molecule has 2 N–H and O–H groups in total. The zero-order valence-electron chi connectivity index (χ0n) is 11.6. The zero-order chi connectivity index (χ0) is 14.0. The lowest BCUT2D eigenvalue weighted by molar-refractivity contribution is 0.0834. The fourth-order valence-corrected chi connectivity index (χ4v) is 3.16. The van der Waals surface area contributed by atoms with Crippen LogP contribution in [-0.2, 0) is 0 Å². The van der Waals surface area contributed by atoms with Crippen molar-refractivity contribution < 1.29 is 4.39 Å². The van der Waals surface area contributed by atoms with Crippen molar-refractivity contribution in [2.24, 2.45) is 11.7 Å². The van der Waals surface area contributed by atoms with Gasteiger partial charge >= 0.3 is 0 Å². The van der Waals surface area contributed by atoms with Gasteiger partial charge in [-0.3, -0.25) is 4.90 Å². The summed E-state index contributed by atoms with van der Waals surface area (Å²) in [6.07, 6.45) is 2.32. The molecular weight excluding hydrogens is 263 g/mol. The molecule has 3 atom stereocenters. The first-order valence-corrected chi connectivity index (χ1v) is 7.31. The van der Waals surface area contributed by atoms with Gasteiger partial charge in [0, 0.05) is 18.6 Å². The molecule has 0 amide bonds. The average Bonchev–Trinajstić information content (AvgIpc) is 2.41. The molecule has 1 saturated heterocycles. The van der Waals surface area contributed by atoms with Gasteiger partial charge in [-0.2, -0.15) is 0 Å². The number of rotatable bonds is 3. The summed E-state index contributed by atoms with van der Waals surface area (Å²) in [7, 11) is 0. The van der Waals surface area contributed by atoms with Crippen molar-refractivity contribution in [3.8, 4) is 0 Å². The fourth-order valence-electron chi connectivity index (χ4n) is 2.97. The second kappa shape index (κ2) is 6.21. The van der Waals surface area contributed by atoms with Gasteiger partial charge in [-0.1, -0.05) is 24.6 Å². The van der Waals surface area contributed by atoms with Crippen LogP contribution in [0, 0.1) is 11.7 Å². The third-order valence-corrected chi connectivity index (χ3v) is 4.51. The summed E-state index contributed by atoms with van der Waals surface area (Å²) in [4.78, 5) is 2.42. The van der Waals surface area contributed by atoms with Crippen LogP contribution in [0.3, 0.4) is 0 Å². The molecular formula is C15H22ClFN2. The minimum atomic E-state index is -0.361. The molecule has 1 aromatic rings. The van der Waals surface area contributed by atoms with Crippen molar-refractivity contribution in [3.05, 3.63) is 34.6 Å². The van der Waals surface area contributed by atoms with Gasteiger partial charge in [0.1, 0.15) is 5.82 Å². The smallest absolute Gasteiger partial charge is 0.141 e. The summed E-state index contributed by atoms with van der Waals surface area (Å²) < 4.78 is 13.2. The lowest BCUT2D eigenvalue weighted by atomic mass is 9.90. The van der Waals surface area contributed by atoms with Crippen LogP contribution in [-0.4, -0.2) is 24.0 Å². The third kappa shape index (κ3) is 3.28. The van der Waals surface area contributed by atoms with Gasteiger partial charge < -0.3 is 5.73 Å².